The smallest absolute Gasteiger partial charge is 0.396 e. The van der Waals surface area contributed by atoms with Crippen molar-refractivity contribution in [2.75, 3.05) is 6.61 Å². The maximum atomic E-state index is 11.5. The van der Waals surface area contributed by atoms with Gasteiger partial charge in [0.1, 0.15) is 5.75 Å². The first kappa shape index (κ1) is 12.9. The van der Waals surface area contributed by atoms with E-state index < -0.39 is 0 Å². The van der Waals surface area contributed by atoms with Gasteiger partial charge in [0.2, 0.25) is 0 Å². The van der Waals surface area contributed by atoms with Crippen molar-refractivity contribution in [3.8, 4) is 16.9 Å². The van der Waals surface area contributed by atoms with Crippen LogP contribution in [0.3, 0.4) is 0 Å². The Morgan fingerprint density at radius 2 is 2.10 bits per heavy atom. The normalized spacial score (nSPS) is 10.9. The Labute approximate surface area is 120 Å². The first-order chi connectivity index (χ1) is 9.67. The third kappa shape index (κ3) is 2.34. The largest absolute Gasteiger partial charge is 0.494 e. The number of rotatable bonds is 3. The fraction of sp³-hybridized carbons (Fsp3) is 0.188. The zero-order valence-corrected chi connectivity index (χ0v) is 12.1. The summed E-state index contributed by atoms with van der Waals surface area (Å²) in [5.74, 6) is 0.758. The second-order valence-corrected chi connectivity index (χ2v) is 5.53. The minimum Gasteiger partial charge on any atom is -0.494 e. The molecule has 1 aromatic heterocycles. The van der Waals surface area contributed by atoms with E-state index in [9.17, 15) is 4.79 Å². The Morgan fingerprint density at radius 1 is 1.25 bits per heavy atom. The van der Waals surface area contributed by atoms with Crippen molar-refractivity contribution in [2.24, 2.45) is 0 Å². The highest BCUT2D eigenvalue weighted by atomic mass is 32.1. The summed E-state index contributed by atoms with van der Waals surface area (Å²) in [6.45, 7) is 4.57. The highest BCUT2D eigenvalue weighted by Crippen LogP contribution is 2.34. The molecule has 0 unspecified atom stereocenters. The van der Waals surface area contributed by atoms with Crippen LogP contribution in [0.2, 0.25) is 0 Å². The molecule has 0 atom stereocenters. The van der Waals surface area contributed by atoms with Crippen molar-refractivity contribution in [3.63, 3.8) is 0 Å². The lowest BCUT2D eigenvalue weighted by Gasteiger charge is -2.08. The van der Waals surface area contributed by atoms with Crippen LogP contribution in [-0.2, 0) is 0 Å². The van der Waals surface area contributed by atoms with E-state index in [1.165, 1.54) is 0 Å². The van der Waals surface area contributed by atoms with Crippen LogP contribution < -0.4 is 9.68 Å². The Morgan fingerprint density at radius 3 is 2.85 bits per heavy atom. The fourth-order valence-electron chi connectivity index (χ4n) is 2.23. The monoisotopic (exact) mass is 286 g/mol. The molecule has 0 bridgehead atoms. The SMILES string of the molecule is CCOc1cc(-c2cccc(C)c2)c2oc(=O)sc2c1. The molecule has 4 heteroatoms. The van der Waals surface area contributed by atoms with Crippen LogP contribution in [0.1, 0.15) is 12.5 Å². The van der Waals surface area contributed by atoms with Gasteiger partial charge in [-0.05, 0) is 25.5 Å². The van der Waals surface area contributed by atoms with Crippen LogP contribution >= 0.6 is 11.3 Å². The van der Waals surface area contributed by atoms with Crippen LogP contribution in [0.4, 0.5) is 0 Å². The number of fused-ring (bicyclic) bond motifs is 1. The molecule has 0 radical (unpaired) electrons. The van der Waals surface area contributed by atoms with Crippen LogP contribution in [-0.4, -0.2) is 6.61 Å². The number of aryl methyl sites for hydroxylation is 1. The topological polar surface area (TPSA) is 39.4 Å². The van der Waals surface area contributed by atoms with Gasteiger partial charge >= 0.3 is 4.94 Å². The van der Waals surface area contributed by atoms with E-state index in [0.29, 0.717) is 12.2 Å². The van der Waals surface area contributed by atoms with E-state index in [1.54, 1.807) is 0 Å². The summed E-state index contributed by atoms with van der Waals surface area (Å²) in [5, 5.41) is 0. The van der Waals surface area contributed by atoms with Crippen molar-refractivity contribution >= 4 is 21.6 Å². The second-order valence-electron chi connectivity index (χ2n) is 4.55. The number of benzene rings is 2. The van der Waals surface area contributed by atoms with Gasteiger partial charge in [-0.1, -0.05) is 41.2 Å². The molecule has 0 aliphatic rings. The quantitative estimate of drug-likeness (QED) is 0.723. The molecule has 0 N–H and O–H groups in total. The molecule has 0 fully saturated rings. The van der Waals surface area contributed by atoms with E-state index in [0.717, 1.165) is 38.5 Å². The van der Waals surface area contributed by atoms with Crippen molar-refractivity contribution in [1.29, 1.82) is 0 Å². The van der Waals surface area contributed by atoms with Gasteiger partial charge in [-0.3, -0.25) is 0 Å². The van der Waals surface area contributed by atoms with E-state index in [1.807, 2.05) is 44.2 Å². The lowest BCUT2D eigenvalue weighted by atomic mass is 10.0. The lowest BCUT2D eigenvalue weighted by Crippen LogP contribution is -1.92. The predicted octanol–water partition coefficient (Wildman–Crippen LogP) is 4.23. The summed E-state index contributed by atoms with van der Waals surface area (Å²) in [4.78, 5) is 11.2. The highest BCUT2D eigenvalue weighted by Gasteiger charge is 2.12. The van der Waals surface area contributed by atoms with Gasteiger partial charge in [0, 0.05) is 11.6 Å². The standard InChI is InChI=1S/C16H14O3S/c1-3-18-12-8-13(11-6-4-5-10(2)7-11)15-14(9-12)20-16(17)19-15/h4-9H,3H2,1-2H3. The molecule has 20 heavy (non-hydrogen) atoms. The third-order valence-electron chi connectivity index (χ3n) is 3.05. The maximum absolute atomic E-state index is 11.5. The van der Waals surface area contributed by atoms with Crippen molar-refractivity contribution < 1.29 is 9.15 Å². The van der Waals surface area contributed by atoms with E-state index in [4.69, 9.17) is 9.15 Å². The third-order valence-corrected chi connectivity index (χ3v) is 3.82. The summed E-state index contributed by atoms with van der Waals surface area (Å²) >= 11 is 1.10. The highest BCUT2D eigenvalue weighted by molar-refractivity contribution is 7.16. The van der Waals surface area contributed by atoms with Gasteiger partial charge in [-0.2, -0.15) is 0 Å². The average Bonchev–Trinajstić information content (AvgIpc) is 2.78. The molecule has 102 valence electrons. The Balaban J connectivity index is 2.29. The van der Waals surface area contributed by atoms with Gasteiger partial charge < -0.3 is 9.15 Å². The molecule has 0 saturated heterocycles. The molecule has 0 aliphatic heterocycles. The molecule has 1 heterocycles. The van der Waals surface area contributed by atoms with Crippen molar-refractivity contribution in [3.05, 3.63) is 51.7 Å². The molecule has 2 aromatic carbocycles. The minimum atomic E-state index is -0.289. The van der Waals surface area contributed by atoms with Gasteiger partial charge in [0.25, 0.3) is 0 Å². The molecule has 0 amide bonds. The Kier molecular flexibility index (Phi) is 3.32. The number of hydrogen-bond acceptors (Lipinski definition) is 4. The average molecular weight is 286 g/mol. The molecule has 0 aliphatic carbocycles. The number of ether oxygens (including phenoxy) is 1. The zero-order valence-electron chi connectivity index (χ0n) is 11.3. The Bertz CT molecular complexity index is 814. The van der Waals surface area contributed by atoms with Crippen LogP contribution in [0, 0.1) is 6.92 Å². The first-order valence-electron chi connectivity index (χ1n) is 6.45. The minimum absolute atomic E-state index is 0.289. The van der Waals surface area contributed by atoms with Crippen LogP contribution in [0.5, 0.6) is 5.75 Å². The van der Waals surface area contributed by atoms with Crippen LogP contribution in [0.25, 0.3) is 21.4 Å². The molecule has 3 nitrogen and oxygen atoms in total. The summed E-state index contributed by atoms with van der Waals surface area (Å²) in [6, 6.07) is 11.9. The Hall–Kier alpha value is -2.07. The van der Waals surface area contributed by atoms with Crippen molar-refractivity contribution in [1.82, 2.24) is 0 Å². The van der Waals surface area contributed by atoms with Gasteiger partial charge in [-0.25, -0.2) is 4.79 Å². The lowest BCUT2D eigenvalue weighted by molar-refractivity contribution is 0.341. The molecule has 0 spiro atoms. The predicted molar refractivity (Wildman–Crippen MR) is 81.7 cm³/mol. The van der Waals surface area contributed by atoms with Gasteiger partial charge in [0.05, 0.1) is 11.3 Å². The van der Waals surface area contributed by atoms with Gasteiger partial charge in [-0.15, -0.1) is 0 Å². The zero-order chi connectivity index (χ0) is 14.1. The first-order valence-corrected chi connectivity index (χ1v) is 7.26. The van der Waals surface area contributed by atoms with E-state index in [2.05, 4.69) is 6.07 Å². The van der Waals surface area contributed by atoms with E-state index in [-0.39, 0.29) is 4.94 Å². The molecule has 0 saturated carbocycles. The van der Waals surface area contributed by atoms with Crippen LogP contribution in [0.15, 0.2) is 45.6 Å². The molecule has 3 rings (SSSR count). The summed E-state index contributed by atoms with van der Waals surface area (Å²) < 4.78 is 11.7. The molecular weight excluding hydrogens is 272 g/mol. The maximum Gasteiger partial charge on any atom is 0.396 e. The molecular formula is C16H14O3S. The summed E-state index contributed by atoms with van der Waals surface area (Å²) in [6.07, 6.45) is 0. The second kappa shape index (κ2) is 5.13. The summed E-state index contributed by atoms with van der Waals surface area (Å²) in [5.41, 5.74) is 3.72. The van der Waals surface area contributed by atoms with Gasteiger partial charge in [0.15, 0.2) is 5.58 Å². The molecule has 3 aromatic rings. The van der Waals surface area contributed by atoms with Crippen molar-refractivity contribution in [2.45, 2.75) is 13.8 Å². The fourth-order valence-corrected chi connectivity index (χ4v) is 2.95. The summed E-state index contributed by atoms with van der Waals surface area (Å²) in [7, 11) is 0. The number of hydrogen-bond donors (Lipinski definition) is 0. The van der Waals surface area contributed by atoms with E-state index >= 15 is 0 Å².